The lowest BCUT2D eigenvalue weighted by Gasteiger charge is -2.12. The molecule has 86 valence electrons. The Morgan fingerprint density at radius 3 is 2.69 bits per heavy atom. The second kappa shape index (κ2) is 4.84. The first-order valence-electron chi connectivity index (χ1n) is 5.31. The van der Waals surface area contributed by atoms with Crippen molar-refractivity contribution in [2.75, 3.05) is 0 Å². The zero-order valence-electron chi connectivity index (χ0n) is 9.82. The Balaban J connectivity index is 3.20. The van der Waals surface area contributed by atoms with Crippen LogP contribution in [0, 0.1) is 24.2 Å². The molecule has 0 radical (unpaired) electrons. The highest BCUT2D eigenvalue weighted by atomic mass is 16.3. The smallest absolute Gasteiger partial charge is 0.253 e. The monoisotopic (exact) mass is 220 g/mol. The number of pyridine rings is 1. The van der Waals surface area contributed by atoms with E-state index in [0.29, 0.717) is 18.0 Å². The summed E-state index contributed by atoms with van der Waals surface area (Å²) in [6.07, 6.45) is 0.793. The first kappa shape index (κ1) is 12.3. The van der Waals surface area contributed by atoms with E-state index in [0.717, 1.165) is 6.42 Å². The maximum absolute atomic E-state index is 11.6. The molecule has 0 fully saturated rings. The molecule has 0 bridgehead atoms. The fourth-order valence-electron chi connectivity index (χ4n) is 1.49. The van der Waals surface area contributed by atoms with Gasteiger partial charge in [0.25, 0.3) is 5.56 Å². The normalized spacial score (nSPS) is 10.4. The van der Waals surface area contributed by atoms with Crippen LogP contribution in [0.2, 0.25) is 0 Å². The number of aromatic hydroxyl groups is 1. The molecule has 1 aromatic rings. The molecule has 4 heteroatoms. The van der Waals surface area contributed by atoms with Gasteiger partial charge in [-0.15, -0.1) is 0 Å². The number of nitriles is 1. The molecule has 16 heavy (non-hydrogen) atoms. The van der Waals surface area contributed by atoms with E-state index in [1.165, 1.54) is 10.6 Å². The number of hydrogen-bond acceptors (Lipinski definition) is 3. The second-order valence-electron chi connectivity index (χ2n) is 4.31. The highest BCUT2D eigenvalue weighted by Gasteiger charge is 2.12. The number of aromatic nitrogens is 1. The number of nitrogens with zero attached hydrogens (tertiary/aromatic N) is 2. The molecule has 0 amide bonds. The van der Waals surface area contributed by atoms with E-state index in [-0.39, 0.29) is 17.0 Å². The van der Waals surface area contributed by atoms with Gasteiger partial charge in [0.1, 0.15) is 11.6 Å². The molecule has 1 N–H and O–H groups in total. The SMILES string of the molecule is Cc1cc(=O)n(CCC(C)C)c(O)c1C#N. The van der Waals surface area contributed by atoms with Crippen molar-refractivity contribution < 1.29 is 5.11 Å². The Morgan fingerprint density at radius 1 is 1.56 bits per heavy atom. The van der Waals surface area contributed by atoms with Crippen LogP contribution in [0.5, 0.6) is 5.88 Å². The van der Waals surface area contributed by atoms with E-state index < -0.39 is 0 Å². The zero-order valence-corrected chi connectivity index (χ0v) is 9.82. The van der Waals surface area contributed by atoms with Crippen LogP contribution >= 0.6 is 0 Å². The van der Waals surface area contributed by atoms with Crippen molar-refractivity contribution in [3.63, 3.8) is 0 Å². The van der Waals surface area contributed by atoms with Crippen molar-refractivity contribution in [2.45, 2.75) is 33.7 Å². The Labute approximate surface area is 94.8 Å². The fourth-order valence-corrected chi connectivity index (χ4v) is 1.49. The molecule has 0 aliphatic rings. The molecule has 0 saturated carbocycles. The quantitative estimate of drug-likeness (QED) is 0.844. The van der Waals surface area contributed by atoms with Gasteiger partial charge in [0, 0.05) is 12.6 Å². The van der Waals surface area contributed by atoms with Crippen LogP contribution in [0.1, 0.15) is 31.4 Å². The van der Waals surface area contributed by atoms with Crippen LogP contribution < -0.4 is 5.56 Å². The number of aryl methyl sites for hydroxylation is 1. The first-order chi connectivity index (χ1) is 7.47. The molecular formula is C12H16N2O2. The van der Waals surface area contributed by atoms with Crippen molar-refractivity contribution in [2.24, 2.45) is 5.92 Å². The molecule has 1 aromatic heterocycles. The molecule has 0 atom stereocenters. The average molecular weight is 220 g/mol. The minimum atomic E-state index is -0.255. The predicted octanol–water partition coefficient (Wildman–Crippen LogP) is 1.78. The van der Waals surface area contributed by atoms with Crippen LogP contribution in [-0.2, 0) is 6.54 Å². The first-order valence-corrected chi connectivity index (χ1v) is 5.31. The Kier molecular flexibility index (Phi) is 3.73. The third kappa shape index (κ3) is 2.43. The van der Waals surface area contributed by atoms with E-state index >= 15 is 0 Å². The van der Waals surface area contributed by atoms with Gasteiger partial charge in [-0.25, -0.2) is 0 Å². The largest absolute Gasteiger partial charge is 0.493 e. The number of hydrogen-bond donors (Lipinski definition) is 1. The van der Waals surface area contributed by atoms with Crippen LogP contribution in [0.3, 0.4) is 0 Å². The van der Waals surface area contributed by atoms with Gasteiger partial charge in [0.2, 0.25) is 5.88 Å². The van der Waals surface area contributed by atoms with Gasteiger partial charge < -0.3 is 5.11 Å². The topological polar surface area (TPSA) is 66.0 Å². The lowest BCUT2D eigenvalue weighted by atomic mass is 10.1. The Bertz CT molecular complexity index is 481. The molecule has 0 unspecified atom stereocenters. The molecule has 4 nitrogen and oxygen atoms in total. The van der Waals surface area contributed by atoms with Crippen molar-refractivity contribution in [3.8, 4) is 11.9 Å². The molecule has 0 saturated heterocycles. The van der Waals surface area contributed by atoms with E-state index in [4.69, 9.17) is 5.26 Å². The molecular weight excluding hydrogens is 204 g/mol. The van der Waals surface area contributed by atoms with Crippen LogP contribution in [-0.4, -0.2) is 9.67 Å². The van der Waals surface area contributed by atoms with Crippen molar-refractivity contribution in [3.05, 3.63) is 27.5 Å². The summed E-state index contributed by atoms with van der Waals surface area (Å²) in [6.45, 7) is 6.17. The summed E-state index contributed by atoms with van der Waals surface area (Å²) in [7, 11) is 0. The van der Waals surface area contributed by atoms with Crippen molar-refractivity contribution in [1.29, 1.82) is 5.26 Å². The second-order valence-corrected chi connectivity index (χ2v) is 4.31. The summed E-state index contributed by atoms with van der Waals surface area (Å²) in [6, 6.07) is 3.30. The molecule has 0 spiro atoms. The van der Waals surface area contributed by atoms with Gasteiger partial charge >= 0.3 is 0 Å². The third-order valence-corrected chi connectivity index (χ3v) is 2.52. The standard InChI is InChI=1S/C12H16N2O2/c1-8(2)4-5-14-11(15)6-9(3)10(7-13)12(14)16/h6,8,16H,4-5H2,1-3H3. The van der Waals surface area contributed by atoms with E-state index in [9.17, 15) is 9.90 Å². The summed E-state index contributed by atoms with van der Waals surface area (Å²) >= 11 is 0. The van der Waals surface area contributed by atoms with Gasteiger partial charge in [-0.1, -0.05) is 13.8 Å². The molecule has 0 aliphatic heterocycles. The number of rotatable bonds is 3. The highest BCUT2D eigenvalue weighted by molar-refractivity contribution is 5.43. The van der Waals surface area contributed by atoms with Gasteiger partial charge in [0.15, 0.2) is 0 Å². The van der Waals surface area contributed by atoms with Gasteiger partial charge in [-0.2, -0.15) is 5.26 Å². The lowest BCUT2D eigenvalue weighted by molar-refractivity contribution is 0.388. The van der Waals surface area contributed by atoms with Crippen molar-refractivity contribution >= 4 is 0 Å². The maximum Gasteiger partial charge on any atom is 0.253 e. The lowest BCUT2D eigenvalue weighted by Crippen LogP contribution is -2.21. The summed E-state index contributed by atoms with van der Waals surface area (Å²) < 4.78 is 1.26. The molecule has 1 rings (SSSR count). The zero-order chi connectivity index (χ0) is 12.3. The molecule has 0 aromatic carbocycles. The summed E-state index contributed by atoms with van der Waals surface area (Å²) in [5.74, 6) is 0.228. The Hall–Kier alpha value is -1.76. The van der Waals surface area contributed by atoms with Gasteiger partial charge in [-0.05, 0) is 24.8 Å². The van der Waals surface area contributed by atoms with E-state index in [1.54, 1.807) is 6.92 Å². The van der Waals surface area contributed by atoms with Gasteiger partial charge in [0.05, 0.1) is 0 Å². The summed E-state index contributed by atoms with van der Waals surface area (Å²) in [5.41, 5.74) is 0.448. The fraction of sp³-hybridized carbons (Fsp3) is 0.500. The van der Waals surface area contributed by atoms with Crippen LogP contribution in [0.15, 0.2) is 10.9 Å². The van der Waals surface area contributed by atoms with Gasteiger partial charge in [-0.3, -0.25) is 9.36 Å². The van der Waals surface area contributed by atoms with E-state index in [1.807, 2.05) is 19.9 Å². The minimum absolute atomic E-state index is 0.184. The van der Waals surface area contributed by atoms with Crippen molar-refractivity contribution in [1.82, 2.24) is 4.57 Å². The third-order valence-electron chi connectivity index (χ3n) is 2.52. The minimum Gasteiger partial charge on any atom is -0.493 e. The molecule has 0 aliphatic carbocycles. The average Bonchev–Trinajstić information content (AvgIpc) is 2.16. The molecule has 1 heterocycles. The highest BCUT2D eigenvalue weighted by Crippen LogP contribution is 2.18. The maximum atomic E-state index is 11.6. The van der Waals surface area contributed by atoms with Crippen LogP contribution in [0.25, 0.3) is 0 Å². The summed E-state index contributed by atoms with van der Waals surface area (Å²) in [5, 5.41) is 18.7. The summed E-state index contributed by atoms with van der Waals surface area (Å²) in [4.78, 5) is 11.6. The van der Waals surface area contributed by atoms with E-state index in [2.05, 4.69) is 0 Å². The predicted molar refractivity (Wildman–Crippen MR) is 61.3 cm³/mol. The Morgan fingerprint density at radius 2 is 2.19 bits per heavy atom. The van der Waals surface area contributed by atoms with Crippen LogP contribution in [0.4, 0.5) is 0 Å².